The monoisotopic (exact) mass is 590 g/mol. The molecule has 0 saturated carbocycles. The van der Waals surface area contributed by atoms with Crippen LogP contribution in [0.15, 0.2) is 142 Å². The first-order valence-electron chi connectivity index (χ1n) is 15.9. The highest BCUT2D eigenvalue weighted by Crippen LogP contribution is 2.47. The maximum Gasteiger partial charge on any atom is 0.136 e. The molecule has 0 N–H and O–H groups in total. The molecule has 0 aliphatic heterocycles. The van der Waals surface area contributed by atoms with Crippen molar-refractivity contribution in [1.82, 2.24) is 9.13 Å². The van der Waals surface area contributed by atoms with Gasteiger partial charge in [0.1, 0.15) is 22.5 Å². The van der Waals surface area contributed by atoms with E-state index in [1.54, 1.807) is 0 Å². The number of nitrogens with zero attached hydrogens (tertiary/aromatic N) is 2. The molecular formula is C42H26N2O2. The van der Waals surface area contributed by atoms with E-state index in [1.807, 2.05) is 6.07 Å². The summed E-state index contributed by atoms with van der Waals surface area (Å²) in [6.45, 7) is 0. The van der Waals surface area contributed by atoms with Crippen molar-refractivity contribution in [1.29, 1.82) is 0 Å². The Bertz CT molecular complexity index is 2870. The Balaban J connectivity index is 1.19. The molecule has 0 amide bonds. The number of hydrogen-bond donors (Lipinski definition) is 0. The first-order valence-corrected chi connectivity index (χ1v) is 15.9. The molecule has 0 saturated heterocycles. The van der Waals surface area contributed by atoms with Crippen LogP contribution in [0.3, 0.4) is 0 Å². The molecule has 0 unspecified atom stereocenters. The average Bonchev–Trinajstić information content (AvgIpc) is 3.85. The minimum absolute atomic E-state index is 0.883. The molecule has 216 valence electrons. The fourth-order valence-electron chi connectivity index (χ4n) is 8.21. The minimum Gasteiger partial charge on any atom is -0.460 e. The Hall–Kier alpha value is -6.00. The van der Waals surface area contributed by atoms with Crippen molar-refractivity contribution in [2.45, 2.75) is 12.8 Å². The van der Waals surface area contributed by atoms with Crippen LogP contribution < -0.4 is 0 Å². The van der Waals surface area contributed by atoms with Gasteiger partial charge >= 0.3 is 0 Å². The van der Waals surface area contributed by atoms with Crippen LogP contribution >= 0.6 is 0 Å². The van der Waals surface area contributed by atoms with Crippen LogP contribution in [0.2, 0.25) is 0 Å². The highest BCUT2D eigenvalue weighted by Gasteiger charge is 2.29. The summed E-state index contributed by atoms with van der Waals surface area (Å²) in [5, 5.41) is 7.24. The highest BCUT2D eigenvalue weighted by molar-refractivity contribution is 6.27. The third-order valence-electron chi connectivity index (χ3n) is 10.0. The predicted molar refractivity (Wildman–Crippen MR) is 188 cm³/mol. The lowest BCUT2D eigenvalue weighted by molar-refractivity contribution is 0.543. The molecule has 6 aromatic carbocycles. The Morgan fingerprint density at radius 3 is 1.89 bits per heavy atom. The fourth-order valence-corrected chi connectivity index (χ4v) is 8.21. The van der Waals surface area contributed by atoms with E-state index in [9.17, 15) is 0 Å². The standard InChI is InChI=1S/C42H26N2O2/c1-5-16-31-27(12-1)39-33(20-22-37-41(39)29-14-3-7-18-35(29)45-37)43(31)25-10-9-11-26(24-25)44-32-17-6-2-13-28(32)40-34(44)21-23-38-42(40)30-15-4-8-19-36(30)46-38/h1-20,22,24H,21,23H2. The topological polar surface area (TPSA) is 36.1 Å². The second-order valence-electron chi connectivity index (χ2n) is 12.4. The van der Waals surface area contributed by atoms with Gasteiger partial charge in [-0.2, -0.15) is 0 Å². The molecule has 1 aliphatic carbocycles. The first-order chi connectivity index (χ1) is 22.8. The van der Waals surface area contributed by atoms with E-state index in [0.29, 0.717) is 0 Å². The lowest BCUT2D eigenvalue weighted by atomic mass is 9.91. The summed E-state index contributed by atoms with van der Waals surface area (Å²) in [5.74, 6) is 1.09. The quantitative estimate of drug-likeness (QED) is 0.201. The number of fused-ring (bicyclic) bond motifs is 14. The first kappa shape index (κ1) is 24.3. The molecule has 0 fully saturated rings. The smallest absolute Gasteiger partial charge is 0.136 e. The van der Waals surface area contributed by atoms with Gasteiger partial charge in [-0.05, 0) is 61.0 Å². The molecule has 4 heteroatoms. The highest BCUT2D eigenvalue weighted by atomic mass is 16.3. The molecular weight excluding hydrogens is 564 g/mol. The molecule has 10 aromatic rings. The summed E-state index contributed by atoms with van der Waals surface area (Å²) in [4.78, 5) is 0. The Kier molecular flexibility index (Phi) is 4.66. The summed E-state index contributed by atoms with van der Waals surface area (Å²) in [6.07, 6.45) is 1.80. The SMILES string of the molecule is c1cc(-n2c3c(c4ccccc42)-c2c(oc4ccccc24)CC3)cc(-n2c3ccccc3c3c4c(ccc32)oc2ccccc24)c1. The van der Waals surface area contributed by atoms with E-state index in [1.165, 1.54) is 60.3 Å². The summed E-state index contributed by atoms with van der Waals surface area (Å²) >= 11 is 0. The van der Waals surface area contributed by atoms with Crippen LogP contribution in [0, 0.1) is 0 Å². The van der Waals surface area contributed by atoms with Gasteiger partial charge in [0.05, 0.1) is 16.6 Å². The lowest BCUT2D eigenvalue weighted by Gasteiger charge is -2.17. The lowest BCUT2D eigenvalue weighted by Crippen LogP contribution is -2.07. The largest absolute Gasteiger partial charge is 0.460 e. The number of para-hydroxylation sites is 4. The van der Waals surface area contributed by atoms with E-state index >= 15 is 0 Å². The van der Waals surface area contributed by atoms with Gasteiger partial charge in [-0.15, -0.1) is 0 Å². The zero-order valence-electron chi connectivity index (χ0n) is 24.8. The van der Waals surface area contributed by atoms with Crippen molar-refractivity contribution in [3.63, 3.8) is 0 Å². The Morgan fingerprint density at radius 1 is 0.413 bits per heavy atom. The van der Waals surface area contributed by atoms with Crippen LogP contribution in [0.4, 0.5) is 0 Å². The Labute approximate surface area is 263 Å². The van der Waals surface area contributed by atoms with Crippen LogP contribution in [0.5, 0.6) is 0 Å². The molecule has 4 nitrogen and oxygen atoms in total. The number of hydrogen-bond acceptors (Lipinski definition) is 2. The van der Waals surface area contributed by atoms with Crippen molar-refractivity contribution in [2.24, 2.45) is 0 Å². The zero-order chi connectivity index (χ0) is 29.9. The van der Waals surface area contributed by atoms with E-state index in [0.717, 1.165) is 52.1 Å². The number of aromatic nitrogens is 2. The molecule has 46 heavy (non-hydrogen) atoms. The number of aryl methyl sites for hydroxylation is 1. The maximum atomic E-state index is 6.39. The van der Waals surface area contributed by atoms with Gasteiger partial charge in [0, 0.05) is 66.9 Å². The van der Waals surface area contributed by atoms with E-state index in [-0.39, 0.29) is 0 Å². The van der Waals surface area contributed by atoms with Crippen LogP contribution in [0.1, 0.15) is 11.5 Å². The predicted octanol–water partition coefficient (Wildman–Crippen LogP) is 11.1. The molecule has 0 bridgehead atoms. The third kappa shape index (κ3) is 3.08. The van der Waals surface area contributed by atoms with E-state index in [2.05, 4.69) is 137 Å². The molecule has 0 spiro atoms. The minimum atomic E-state index is 0.883. The second-order valence-corrected chi connectivity index (χ2v) is 12.4. The van der Waals surface area contributed by atoms with Gasteiger partial charge in [-0.1, -0.05) is 78.9 Å². The molecule has 0 atom stereocenters. The Morgan fingerprint density at radius 2 is 1.07 bits per heavy atom. The molecule has 11 rings (SSSR count). The molecule has 0 radical (unpaired) electrons. The number of rotatable bonds is 2. The van der Waals surface area contributed by atoms with Crippen molar-refractivity contribution < 1.29 is 8.83 Å². The van der Waals surface area contributed by atoms with Gasteiger partial charge < -0.3 is 18.0 Å². The maximum absolute atomic E-state index is 6.39. The zero-order valence-corrected chi connectivity index (χ0v) is 24.8. The molecule has 4 aromatic heterocycles. The summed E-state index contributed by atoms with van der Waals surface area (Å²) in [5.41, 5.74) is 12.6. The fraction of sp³-hybridized carbons (Fsp3) is 0.0476. The number of furan rings is 2. The third-order valence-corrected chi connectivity index (χ3v) is 10.0. The van der Waals surface area contributed by atoms with Gasteiger partial charge in [-0.3, -0.25) is 0 Å². The van der Waals surface area contributed by atoms with Crippen molar-refractivity contribution in [3.8, 4) is 22.5 Å². The van der Waals surface area contributed by atoms with Gasteiger partial charge in [0.15, 0.2) is 0 Å². The molecule has 4 heterocycles. The molecule has 1 aliphatic rings. The summed E-state index contributed by atoms with van der Waals surface area (Å²) in [7, 11) is 0. The van der Waals surface area contributed by atoms with Gasteiger partial charge in [-0.25, -0.2) is 0 Å². The van der Waals surface area contributed by atoms with Gasteiger partial charge in [0.25, 0.3) is 0 Å². The van der Waals surface area contributed by atoms with Crippen molar-refractivity contribution in [3.05, 3.63) is 145 Å². The second kappa shape index (κ2) is 8.80. The number of benzene rings is 6. The van der Waals surface area contributed by atoms with Crippen LogP contribution in [0.25, 0.3) is 88.1 Å². The van der Waals surface area contributed by atoms with Gasteiger partial charge in [0.2, 0.25) is 0 Å². The summed E-state index contributed by atoms with van der Waals surface area (Å²) in [6, 6.07) is 47.7. The van der Waals surface area contributed by atoms with E-state index in [4.69, 9.17) is 8.83 Å². The average molecular weight is 591 g/mol. The van der Waals surface area contributed by atoms with Crippen molar-refractivity contribution in [2.75, 3.05) is 0 Å². The van der Waals surface area contributed by atoms with E-state index < -0.39 is 0 Å². The van der Waals surface area contributed by atoms with Crippen molar-refractivity contribution >= 4 is 65.6 Å². The van der Waals surface area contributed by atoms with Crippen LogP contribution in [-0.2, 0) is 12.8 Å². The summed E-state index contributed by atoms with van der Waals surface area (Å²) < 4.78 is 17.6. The normalized spacial score (nSPS) is 13.0. The van der Waals surface area contributed by atoms with Crippen LogP contribution in [-0.4, -0.2) is 9.13 Å².